The summed E-state index contributed by atoms with van der Waals surface area (Å²) in [5, 5.41) is 0. The van der Waals surface area contributed by atoms with Crippen molar-refractivity contribution in [3.05, 3.63) is 32.2 Å². The molecule has 3 nitrogen and oxygen atoms in total. The van der Waals surface area contributed by atoms with Gasteiger partial charge in [0.05, 0.1) is 13.5 Å². The molecule has 1 aromatic rings. The highest BCUT2D eigenvalue weighted by Gasteiger charge is 2.27. The van der Waals surface area contributed by atoms with Crippen molar-refractivity contribution in [2.75, 3.05) is 7.11 Å². The van der Waals surface area contributed by atoms with Crippen LogP contribution in [-0.4, -0.2) is 13.1 Å². The monoisotopic (exact) mass is 405 g/mol. The summed E-state index contributed by atoms with van der Waals surface area (Å²) in [7, 11) is 1.41. The van der Waals surface area contributed by atoms with Crippen LogP contribution in [0.25, 0.3) is 0 Å². The van der Waals surface area contributed by atoms with Crippen molar-refractivity contribution in [3.63, 3.8) is 0 Å². The minimum Gasteiger partial charge on any atom is -0.469 e. The van der Waals surface area contributed by atoms with Crippen molar-refractivity contribution in [1.82, 2.24) is 0 Å². The van der Waals surface area contributed by atoms with Crippen LogP contribution in [0.1, 0.15) is 43.9 Å². The van der Waals surface area contributed by atoms with Gasteiger partial charge in [-0.3, -0.25) is 4.79 Å². The normalized spacial score (nSPS) is 13.2. The third kappa shape index (κ3) is 4.86. The molecule has 0 fully saturated rings. The van der Waals surface area contributed by atoms with E-state index in [0.717, 1.165) is 20.1 Å². The van der Waals surface area contributed by atoms with Gasteiger partial charge in [0.2, 0.25) is 0 Å². The van der Waals surface area contributed by atoms with Gasteiger partial charge >= 0.3 is 5.97 Å². The van der Waals surface area contributed by atoms with Crippen LogP contribution in [0.2, 0.25) is 0 Å². The largest absolute Gasteiger partial charge is 0.469 e. The summed E-state index contributed by atoms with van der Waals surface area (Å²) in [6.07, 6.45) is 1.07. The maximum absolute atomic E-state index is 11.4. The lowest BCUT2D eigenvalue weighted by Gasteiger charge is -2.27. The Morgan fingerprint density at radius 1 is 1.35 bits per heavy atom. The van der Waals surface area contributed by atoms with Crippen molar-refractivity contribution < 1.29 is 9.53 Å². The van der Waals surface area contributed by atoms with Crippen molar-refractivity contribution in [1.29, 1.82) is 0 Å². The zero-order chi connectivity index (χ0) is 15.5. The second-order valence-corrected chi connectivity index (χ2v) is 7.56. The Morgan fingerprint density at radius 2 is 1.95 bits per heavy atom. The van der Waals surface area contributed by atoms with Crippen LogP contribution in [0, 0.1) is 12.3 Å². The molecule has 0 aliphatic heterocycles. The van der Waals surface area contributed by atoms with Gasteiger partial charge in [-0.1, -0.05) is 45.7 Å². The van der Waals surface area contributed by atoms with E-state index in [1.807, 2.05) is 32.9 Å². The fourth-order valence-corrected chi connectivity index (χ4v) is 3.30. The molecule has 1 rings (SSSR count). The molecule has 1 unspecified atom stereocenters. The van der Waals surface area contributed by atoms with Gasteiger partial charge in [-0.2, -0.15) is 0 Å². The number of benzene rings is 1. The van der Waals surface area contributed by atoms with E-state index in [4.69, 9.17) is 10.5 Å². The third-order valence-corrected chi connectivity index (χ3v) is 4.84. The number of nitrogens with two attached hydrogens (primary N) is 1. The highest BCUT2D eigenvalue weighted by atomic mass is 79.9. The van der Waals surface area contributed by atoms with E-state index in [-0.39, 0.29) is 17.4 Å². The number of aryl methyl sites for hydroxylation is 1. The Morgan fingerprint density at radius 3 is 2.50 bits per heavy atom. The number of ether oxygens (including phenoxy) is 1. The number of methoxy groups -OCH3 is 1. The molecule has 0 heterocycles. The lowest BCUT2D eigenvalue weighted by atomic mass is 9.81. The van der Waals surface area contributed by atoms with E-state index in [1.54, 1.807) is 0 Å². The van der Waals surface area contributed by atoms with E-state index in [0.29, 0.717) is 12.8 Å². The maximum atomic E-state index is 11.4. The van der Waals surface area contributed by atoms with Crippen LogP contribution >= 0.6 is 31.9 Å². The molecule has 20 heavy (non-hydrogen) atoms. The Hall–Kier alpha value is -0.390. The molecule has 0 amide bonds. The van der Waals surface area contributed by atoms with Crippen LogP contribution in [-0.2, 0) is 9.53 Å². The molecule has 0 bridgehead atoms. The Balaban J connectivity index is 2.88. The number of esters is 1. The molecule has 2 N–H and O–H groups in total. The number of carbonyl (C=O) groups excluding carboxylic acids is 1. The van der Waals surface area contributed by atoms with Gasteiger partial charge < -0.3 is 10.5 Å². The van der Waals surface area contributed by atoms with E-state index < -0.39 is 0 Å². The topological polar surface area (TPSA) is 52.3 Å². The average molecular weight is 407 g/mol. The molecular formula is C15H21Br2NO2. The molecule has 0 radical (unpaired) electrons. The summed E-state index contributed by atoms with van der Waals surface area (Å²) < 4.78 is 6.77. The molecular weight excluding hydrogens is 386 g/mol. The van der Waals surface area contributed by atoms with E-state index in [9.17, 15) is 4.79 Å². The maximum Gasteiger partial charge on any atom is 0.306 e. The first kappa shape index (κ1) is 17.7. The molecule has 0 aliphatic rings. The van der Waals surface area contributed by atoms with Gasteiger partial charge in [0.15, 0.2) is 0 Å². The van der Waals surface area contributed by atoms with Crippen molar-refractivity contribution in [2.45, 2.75) is 39.7 Å². The second-order valence-electron chi connectivity index (χ2n) is 5.85. The smallest absolute Gasteiger partial charge is 0.306 e. The third-order valence-electron chi connectivity index (χ3n) is 3.30. The fourth-order valence-electron chi connectivity index (χ4n) is 2.19. The average Bonchev–Trinajstić information content (AvgIpc) is 2.32. The number of rotatable bonds is 5. The van der Waals surface area contributed by atoms with Crippen LogP contribution < -0.4 is 5.73 Å². The number of carbonyl (C=O) groups is 1. The van der Waals surface area contributed by atoms with Crippen molar-refractivity contribution in [3.8, 4) is 0 Å². The second kappa shape index (κ2) is 7.05. The lowest BCUT2D eigenvalue weighted by molar-refractivity contribution is -0.143. The number of hydrogen-bond donors (Lipinski definition) is 1. The number of halogens is 2. The fraction of sp³-hybridized carbons (Fsp3) is 0.533. The minimum atomic E-state index is -0.205. The molecule has 112 valence electrons. The van der Waals surface area contributed by atoms with E-state index in [1.165, 1.54) is 7.11 Å². The van der Waals surface area contributed by atoms with Gasteiger partial charge in [-0.25, -0.2) is 0 Å². The molecule has 0 saturated heterocycles. The van der Waals surface area contributed by atoms with Gasteiger partial charge in [-0.15, -0.1) is 0 Å². The zero-order valence-corrected chi connectivity index (χ0v) is 15.5. The van der Waals surface area contributed by atoms with Gasteiger partial charge in [0.25, 0.3) is 0 Å². The van der Waals surface area contributed by atoms with Gasteiger partial charge in [0, 0.05) is 15.0 Å². The number of hydrogen-bond acceptors (Lipinski definition) is 3. The van der Waals surface area contributed by atoms with Gasteiger partial charge in [0.1, 0.15) is 0 Å². The molecule has 0 aliphatic carbocycles. The van der Waals surface area contributed by atoms with Crippen LogP contribution in [0.3, 0.4) is 0 Å². The summed E-state index contributed by atoms with van der Waals surface area (Å²) in [4.78, 5) is 11.4. The summed E-state index contributed by atoms with van der Waals surface area (Å²) in [5.41, 5.74) is 8.31. The zero-order valence-electron chi connectivity index (χ0n) is 12.3. The first-order valence-corrected chi connectivity index (χ1v) is 8.03. The van der Waals surface area contributed by atoms with E-state index in [2.05, 4.69) is 31.9 Å². The Bertz CT molecular complexity index is 501. The van der Waals surface area contributed by atoms with Crippen molar-refractivity contribution >= 4 is 37.8 Å². The van der Waals surface area contributed by atoms with Gasteiger partial charge in [-0.05, 0) is 42.0 Å². The quantitative estimate of drug-likeness (QED) is 0.732. The highest BCUT2D eigenvalue weighted by Crippen LogP contribution is 2.36. The van der Waals surface area contributed by atoms with Crippen LogP contribution in [0.4, 0.5) is 0 Å². The Labute approximate surface area is 137 Å². The lowest BCUT2D eigenvalue weighted by Crippen LogP contribution is -2.25. The van der Waals surface area contributed by atoms with E-state index >= 15 is 0 Å². The standard InChI is InChI=1S/C15H21Br2NO2/c1-9-5-12(17)10(6-11(9)16)13(18)7-15(2,3)8-14(19)20-4/h5-6,13H,7-8,18H2,1-4H3. The van der Waals surface area contributed by atoms with Crippen LogP contribution in [0.15, 0.2) is 21.1 Å². The molecule has 0 saturated carbocycles. The minimum absolute atomic E-state index is 0.138. The first-order valence-electron chi connectivity index (χ1n) is 6.44. The summed E-state index contributed by atoms with van der Waals surface area (Å²) in [6.45, 7) is 6.09. The summed E-state index contributed by atoms with van der Waals surface area (Å²) >= 11 is 7.09. The predicted octanol–water partition coefficient (Wildman–Crippen LogP) is 4.50. The highest BCUT2D eigenvalue weighted by molar-refractivity contribution is 9.11. The Kier molecular flexibility index (Phi) is 6.23. The molecule has 1 aromatic carbocycles. The SMILES string of the molecule is COC(=O)CC(C)(C)CC(N)c1cc(Br)c(C)cc1Br. The summed E-state index contributed by atoms with van der Waals surface area (Å²) in [6, 6.07) is 3.95. The van der Waals surface area contributed by atoms with Crippen LogP contribution in [0.5, 0.6) is 0 Å². The first-order chi connectivity index (χ1) is 9.16. The molecule has 0 aromatic heterocycles. The molecule has 5 heteroatoms. The molecule has 1 atom stereocenters. The molecule has 0 spiro atoms. The summed E-state index contributed by atoms with van der Waals surface area (Å²) in [5.74, 6) is -0.202. The van der Waals surface area contributed by atoms with Crippen molar-refractivity contribution in [2.24, 2.45) is 11.1 Å². The predicted molar refractivity (Wildman–Crippen MR) is 88.5 cm³/mol.